The van der Waals surface area contributed by atoms with E-state index >= 15 is 0 Å². The average Bonchev–Trinajstić information content (AvgIpc) is 2.73. The molecule has 0 fully saturated rings. The monoisotopic (exact) mass is 458 g/mol. The van der Waals surface area contributed by atoms with Gasteiger partial charge in [0.15, 0.2) is 5.78 Å². The maximum Gasteiger partial charge on any atom is 0.257 e. The molecule has 0 radical (unpaired) electrons. The van der Waals surface area contributed by atoms with Gasteiger partial charge in [0.25, 0.3) is 5.91 Å². The number of anilines is 2. The van der Waals surface area contributed by atoms with Crippen LogP contribution in [0.4, 0.5) is 11.4 Å². The van der Waals surface area contributed by atoms with Gasteiger partial charge in [-0.3, -0.25) is 9.59 Å². The normalized spacial score (nSPS) is 10.4. The first-order valence-corrected chi connectivity index (χ1v) is 10.1. The highest BCUT2D eigenvalue weighted by Crippen LogP contribution is 2.26. The molecule has 0 spiro atoms. The molecule has 0 heterocycles. The largest absolute Gasteiger partial charge is 0.490 e. The number of hydrogen-bond acceptors (Lipinski definition) is 5. The summed E-state index contributed by atoms with van der Waals surface area (Å²) in [5.41, 5.74) is 7.28. The number of amides is 1. The Bertz CT molecular complexity index is 1120. The molecule has 3 rings (SSSR count). The molecule has 1 amide bonds. The molecule has 31 heavy (non-hydrogen) atoms. The number of nitrogen functional groups attached to an aromatic ring is 1. The second-order valence-electron chi connectivity index (χ2n) is 6.58. The van der Waals surface area contributed by atoms with Crippen LogP contribution in [0.15, 0.2) is 60.7 Å². The van der Waals surface area contributed by atoms with E-state index in [2.05, 4.69) is 5.32 Å². The Morgan fingerprint density at radius 3 is 2.39 bits per heavy atom. The highest BCUT2D eigenvalue weighted by molar-refractivity contribution is 6.37. The van der Waals surface area contributed by atoms with Crippen molar-refractivity contribution in [1.29, 1.82) is 0 Å². The van der Waals surface area contributed by atoms with E-state index in [1.165, 1.54) is 19.1 Å². The molecule has 0 aromatic heterocycles. The van der Waals surface area contributed by atoms with Crippen molar-refractivity contribution in [3.05, 3.63) is 81.8 Å². The number of nitrogens with one attached hydrogen (secondary N) is 1. The summed E-state index contributed by atoms with van der Waals surface area (Å²) in [6.07, 6.45) is 0. The second-order valence-corrected chi connectivity index (χ2v) is 7.42. The average molecular weight is 459 g/mol. The number of para-hydroxylation sites is 2. The summed E-state index contributed by atoms with van der Waals surface area (Å²) >= 11 is 12.0. The maximum atomic E-state index is 12.6. The standard InChI is InChI=1S/C23H20Cl2N2O4/c1-14(28)18-13-16(30-10-11-31-22-5-3-2-4-20(22)26)7-9-21(18)27-23(29)17-8-6-15(24)12-19(17)25/h2-9,12-13H,10-11,26H2,1H3,(H,27,29). The quantitative estimate of drug-likeness (QED) is 0.264. The van der Waals surface area contributed by atoms with Crippen LogP contribution >= 0.6 is 23.2 Å². The van der Waals surface area contributed by atoms with Gasteiger partial charge in [-0.25, -0.2) is 0 Å². The van der Waals surface area contributed by atoms with Crippen LogP contribution in [0.5, 0.6) is 11.5 Å². The van der Waals surface area contributed by atoms with E-state index in [9.17, 15) is 9.59 Å². The van der Waals surface area contributed by atoms with Gasteiger partial charge < -0.3 is 20.5 Å². The molecule has 3 aromatic carbocycles. The first kappa shape index (κ1) is 22.5. The Kier molecular flexibility index (Phi) is 7.39. The van der Waals surface area contributed by atoms with Crippen LogP contribution in [-0.4, -0.2) is 24.9 Å². The number of ketones is 1. The van der Waals surface area contributed by atoms with Crippen LogP contribution in [0.1, 0.15) is 27.6 Å². The van der Waals surface area contributed by atoms with Gasteiger partial charge >= 0.3 is 0 Å². The molecule has 0 aliphatic heterocycles. The van der Waals surface area contributed by atoms with Crippen molar-refractivity contribution in [1.82, 2.24) is 0 Å². The topological polar surface area (TPSA) is 90.7 Å². The number of rotatable bonds is 8. The van der Waals surface area contributed by atoms with Crippen LogP contribution in [0.2, 0.25) is 10.0 Å². The van der Waals surface area contributed by atoms with Crippen molar-refractivity contribution >= 4 is 46.3 Å². The van der Waals surface area contributed by atoms with Crippen LogP contribution in [0.3, 0.4) is 0 Å². The molecule has 0 aliphatic rings. The van der Waals surface area contributed by atoms with Gasteiger partial charge in [-0.1, -0.05) is 35.3 Å². The first-order chi connectivity index (χ1) is 14.8. The zero-order chi connectivity index (χ0) is 22.4. The second kappa shape index (κ2) is 10.2. The minimum Gasteiger partial charge on any atom is -0.490 e. The Hall–Kier alpha value is -3.22. The van der Waals surface area contributed by atoms with Crippen molar-refractivity contribution in [2.24, 2.45) is 0 Å². The van der Waals surface area contributed by atoms with E-state index in [1.807, 2.05) is 12.1 Å². The maximum absolute atomic E-state index is 12.6. The fourth-order valence-electron chi connectivity index (χ4n) is 2.80. The Morgan fingerprint density at radius 1 is 0.935 bits per heavy atom. The van der Waals surface area contributed by atoms with Gasteiger partial charge in [0.2, 0.25) is 0 Å². The summed E-state index contributed by atoms with van der Waals surface area (Å²) in [6.45, 7) is 1.93. The van der Waals surface area contributed by atoms with Crippen LogP contribution in [0, 0.1) is 0 Å². The van der Waals surface area contributed by atoms with E-state index in [-0.39, 0.29) is 29.6 Å². The van der Waals surface area contributed by atoms with Crippen molar-refractivity contribution in [2.75, 3.05) is 24.3 Å². The third-order valence-corrected chi connectivity index (χ3v) is 4.87. The molecule has 0 atom stereocenters. The molecule has 0 unspecified atom stereocenters. The number of nitrogens with two attached hydrogens (primary N) is 1. The molecule has 6 nitrogen and oxygen atoms in total. The van der Waals surface area contributed by atoms with Crippen LogP contribution in [0.25, 0.3) is 0 Å². The Labute approximate surface area is 189 Å². The van der Waals surface area contributed by atoms with Crippen LogP contribution < -0.4 is 20.5 Å². The van der Waals surface area contributed by atoms with Gasteiger partial charge in [0.05, 0.1) is 22.0 Å². The number of Topliss-reactive ketones (excluding diaryl/α,β-unsaturated/α-hetero) is 1. The predicted molar refractivity (Wildman–Crippen MR) is 123 cm³/mol. The van der Waals surface area contributed by atoms with Gasteiger partial charge in [-0.05, 0) is 55.5 Å². The van der Waals surface area contributed by atoms with Crippen molar-refractivity contribution in [3.63, 3.8) is 0 Å². The number of benzene rings is 3. The predicted octanol–water partition coefficient (Wildman–Crippen LogP) is 5.49. The molecule has 3 aromatic rings. The van der Waals surface area contributed by atoms with Gasteiger partial charge in [0, 0.05) is 10.6 Å². The summed E-state index contributed by atoms with van der Waals surface area (Å²) in [7, 11) is 0. The molecular formula is C23H20Cl2N2O4. The number of halogens is 2. The number of hydrogen-bond donors (Lipinski definition) is 2. The summed E-state index contributed by atoms with van der Waals surface area (Å²) in [5, 5.41) is 3.35. The molecule has 3 N–H and O–H groups in total. The van der Waals surface area contributed by atoms with E-state index in [0.29, 0.717) is 33.5 Å². The molecule has 0 saturated carbocycles. The molecule has 160 valence electrons. The third-order valence-electron chi connectivity index (χ3n) is 4.32. The highest BCUT2D eigenvalue weighted by Gasteiger charge is 2.15. The lowest BCUT2D eigenvalue weighted by Gasteiger charge is -2.13. The van der Waals surface area contributed by atoms with E-state index < -0.39 is 5.91 Å². The first-order valence-electron chi connectivity index (χ1n) is 9.36. The van der Waals surface area contributed by atoms with Crippen molar-refractivity contribution in [2.45, 2.75) is 6.92 Å². The molecule has 0 bridgehead atoms. The summed E-state index contributed by atoms with van der Waals surface area (Å²) in [4.78, 5) is 24.7. The lowest BCUT2D eigenvalue weighted by molar-refractivity contribution is 0.101. The fourth-order valence-corrected chi connectivity index (χ4v) is 3.29. The zero-order valence-corrected chi connectivity index (χ0v) is 18.2. The Morgan fingerprint density at radius 2 is 1.68 bits per heavy atom. The lowest BCUT2D eigenvalue weighted by Crippen LogP contribution is -2.15. The fraction of sp³-hybridized carbons (Fsp3) is 0.130. The molecule has 8 heteroatoms. The van der Waals surface area contributed by atoms with E-state index in [0.717, 1.165) is 0 Å². The molecule has 0 saturated heterocycles. The summed E-state index contributed by atoms with van der Waals surface area (Å²) in [6, 6.07) is 16.6. The number of carbonyl (C=O) groups is 2. The zero-order valence-electron chi connectivity index (χ0n) is 16.7. The van der Waals surface area contributed by atoms with Gasteiger partial charge in [-0.15, -0.1) is 0 Å². The number of ether oxygens (including phenoxy) is 2. The molecular weight excluding hydrogens is 439 g/mol. The minimum absolute atomic E-state index is 0.216. The highest BCUT2D eigenvalue weighted by atomic mass is 35.5. The lowest BCUT2D eigenvalue weighted by atomic mass is 10.1. The SMILES string of the molecule is CC(=O)c1cc(OCCOc2ccccc2N)ccc1NC(=O)c1ccc(Cl)cc1Cl. The van der Waals surface area contributed by atoms with Gasteiger partial charge in [-0.2, -0.15) is 0 Å². The van der Waals surface area contributed by atoms with Crippen molar-refractivity contribution < 1.29 is 19.1 Å². The summed E-state index contributed by atoms with van der Waals surface area (Å²) in [5.74, 6) is 0.370. The smallest absolute Gasteiger partial charge is 0.257 e. The summed E-state index contributed by atoms with van der Waals surface area (Å²) < 4.78 is 11.3. The third kappa shape index (κ3) is 5.90. The minimum atomic E-state index is -0.452. The van der Waals surface area contributed by atoms with E-state index in [4.69, 9.17) is 38.4 Å². The molecule has 0 aliphatic carbocycles. The van der Waals surface area contributed by atoms with E-state index in [1.54, 1.807) is 36.4 Å². The van der Waals surface area contributed by atoms with Gasteiger partial charge in [0.1, 0.15) is 24.7 Å². The van der Waals surface area contributed by atoms with Crippen molar-refractivity contribution in [3.8, 4) is 11.5 Å². The van der Waals surface area contributed by atoms with Crippen LogP contribution in [-0.2, 0) is 0 Å². The Balaban J connectivity index is 1.66. The number of carbonyl (C=O) groups excluding carboxylic acids is 2.